The van der Waals surface area contributed by atoms with Gasteiger partial charge in [0.15, 0.2) is 5.82 Å². The number of aliphatic carboxylic acids is 1. The first-order valence-corrected chi connectivity index (χ1v) is 10.00. The van der Waals surface area contributed by atoms with Crippen LogP contribution in [0.4, 0.5) is 11.5 Å². The van der Waals surface area contributed by atoms with Gasteiger partial charge in [-0.1, -0.05) is 25.1 Å². The highest BCUT2D eigenvalue weighted by molar-refractivity contribution is 7.16. The average Bonchev–Trinajstić information content (AvgIpc) is 3.12. The van der Waals surface area contributed by atoms with E-state index in [1.807, 2.05) is 50.3 Å². The molecule has 0 saturated carbocycles. The lowest BCUT2D eigenvalue weighted by Crippen LogP contribution is -2.05. The van der Waals surface area contributed by atoms with E-state index in [0.29, 0.717) is 5.82 Å². The number of rotatable bonds is 7. The molecule has 0 unspecified atom stereocenters. The van der Waals surface area contributed by atoms with Crippen LogP contribution in [-0.2, 0) is 17.6 Å². The zero-order chi connectivity index (χ0) is 20.1. The average molecular weight is 394 g/mol. The first-order chi connectivity index (χ1) is 13.5. The van der Waals surface area contributed by atoms with Crippen molar-refractivity contribution >= 4 is 34.9 Å². The Labute approximate surface area is 168 Å². The molecule has 3 rings (SSSR count). The maximum absolute atomic E-state index is 10.8. The summed E-state index contributed by atoms with van der Waals surface area (Å²) in [6.45, 7) is 6.09. The highest BCUT2D eigenvalue weighted by Gasteiger charge is 2.13. The maximum Gasteiger partial charge on any atom is 0.307 e. The number of carboxylic acids is 1. The van der Waals surface area contributed by atoms with Gasteiger partial charge in [-0.2, -0.15) is 0 Å². The number of nitrogens with zero attached hydrogens (tertiary/aromatic N) is 2. The van der Waals surface area contributed by atoms with Gasteiger partial charge in [-0.25, -0.2) is 9.97 Å². The van der Waals surface area contributed by atoms with Gasteiger partial charge >= 0.3 is 5.97 Å². The predicted octanol–water partition coefficient (Wildman–Crippen LogP) is 5.48. The summed E-state index contributed by atoms with van der Waals surface area (Å²) < 4.78 is 0. The van der Waals surface area contributed by atoms with E-state index in [4.69, 9.17) is 15.1 Å². The van der Waals surface area contributed by atoms with Crippen LogP contribution in [0.25, 0.3) is 16.8 Å². The SMILES string of the molecule is CC=Cc1ccc(-c2nc(C)c(CC)c(Nc3ccc(CC(=O)O)cc3)n2)s1. The highest BCUT2D eigenvalue weighted by Crippen LogP contribution is 2.30. The van der Waals surface area contributed by atoms with Crippen LogP contribution in [0.3, 0.4) is 0 Å². The molecule has 5 nitrogen and oxygen atoms in total. The van der Waals surface area contributed by atoms with Crippen molar-refractivity contribution < 1.29 is 9.90 Å². The number of carboxylic acid groups (broad SMARTS) is 1. The number of benzene rings is 1. The summed E-state index contributed by atoms with van der Waals surface area (Å²) >= 11 is 1.66. The number of aryl methyl sites for hydroxylation is 1. The molecule has 28 heavy (non-hydrogen) atoms. The largest absolute Gasteiger partial charge is 0.481 e. The first kappa shape index (κ1) is 19.8. The summed E-state index contributed by atoms with van der Waals surface area (Å²) in [4.78, 5) is 22.5. The van der Waals surface area contributed by atoms with Crippen molar-refractivity contribution in [3.63, 3.8) is 0 Å². The van der Waals surface area contributed by atoms with Crippen molar-refractivity contribution in [3.05, 3.63) is 64.2 Å². The van der Waals surface area contributed by atoms with Gasteiger partial charge in [-0.15, -0.1) is 11.3 Å². The molecule has 0 amide bonds. The lowest BCUT2D eigenvalue weighted by molar-refractivity contribution is -0.136. The number of thiophene rings is 1. The lowest BCUT2D eigenvalue weighted by atomic mass is 10.1. The Bertz CT molecular complexity index is 1010. The fraction of sp³-hybridized carbons (Fsp3) is 0.227. The standard InChI is InChI=1S/C22H23N3O2S/c1-4-6-17-11-12-19(28-17)22-23-14(3)18(5-2)21(25-22)24-16-9-7-15(8-10-16)13-20(26)27/h4,6-12H,5,13H2,1-3H3,(H,26,27)(H,23,24,25). The highest BCUT2D eigenvalue weighted by atomic mass is 32.1. The normalized spacial score (nSPS) is 11.1. The third kappa shape index (κ3) is 4.64. The number of allylic oxidation sites excluding steroid dienone is 1. The molecule has 2 aromatic heterocycles. The smallest absolute Gasteiger partial charge is 0.307 e. The van der Waals surface area contributed by atoms with Gasteiger partial charge in [0.25, 0.3) is 0 Å². The van der Waals surface area contributed by atoms with Crippen molar-refractivity contribution in [2.75, 3.05) is 5.32 Å². The second kappa shape index (κ2) is 8.80. The molecule has 0 aliphatic heterocycles. The third-order valence-electron chi connectivity index (χ3n) is 4.32. The van der Waals surface area contributed by atoms with Gasteiger partial charge in [0.05, 0.1) is 11.3 Å². The van der Waals surface area contributed by atoms with Gasteiger partial charge in [-0.05, 0) is 56.2 Å². The van der Waals surface area contributed by atoms with Crippen LogP contribution in [-0.4, -0.2) is 21.0 Å². The molecule has 0 bridgehead atoms. The molecule has 6 heteroatoms. The van der Waals surface area contributed by atoms with Crippen molar-refractivity contribution in [2.24, 2.45) is 0 Å². The van der Waals surface area contributed by atoms with Crippen molar-refractivity contribution in [1.82, 2.24) is 9.97 Å². The van der Waals surface area contributed by atoms with Crippen molar-refractivity contribution in [3.8, 4) is 10.7 Å². The molecule has 0 aliphatic carbocycles. The van der Waals surface area contributed by atoms with Gasteiger partial charge in [0.1, 0.15) is 5.82 Å². The Kier molecular flexibility index (Phi) is 6.21. The molecular formula is C22H23N3O2S. The Hall–Kier alpha value is -2.99. The minimum atomic E-state index is -0.835. The van der Waals surface area contributed by atoms with E-state index >= 15 is 0 Å². The Morgan fingerprint density at radius 2 is 1.93 bits per heavy atom. The summed E-state index contributed by atoms with van der Waals surface area (Å²) in [5, 5.41) is 12.3. The summed E-state index contributed by atoms with van der Waals surface area (Å²) in [7, 11) is 0. The number of aromatic nitrogens is 2. The molecule has 1 aromatic carbocycles. The Balaban J connectivity index is 1.92. The Morgan fingerprint density at radius 3 is 2.57 bits per heavy atom. The topological polar surface area (TPSA) is 75.1 Å². The number of hydrogen-bond donors (Lipinski definition) is 2. The quantitative estimate of drug-likeness (QED) is 0.556. The molecule has 0 spiro atoms. The van der Waals surface area contributed by atoms with Gasteiger partial charge in [0.2, 0.25) is 0 Å². The van der Waals surface area contributed by atoms with E-state index in [1.165, 1.54) is 4.88 Å². The fourth-order valence-electron chi connectivity index (χ4n) is 2.98. The minimum Gasteiger partial charge on any atom is -0.481 e. The molecule has 0 aliphatic rings. The predicted molar refractivity (Wildman–Crippen MR) is 115 cm³/mol. The summed E-state index contributed by atoms with van der Waals surface area (Å²) in [6.07, 6.45) is 4.92. The van der Waals surface area contributed by atoms with Gasteiger partial charge in [0, 0.05) is 21.8 Å². The molecule has 2 N–H and O–H groups in total. The molecule has 0 radical (unpaired) electrons. The van der Waals surface area contributed by atoms with E-state index in [1.54, 1.807) is 11.3 Å². The second-order valence-corrected chi connectivity index (χ2v) is 7.52. The van der Waals surface area contributed by atoms with Crippen LogP contribution in [0, 0.1) is 6.92 Å². The summed E-state index contributed by atoms with van der Waals surface area (Å²) in [5.74, 6) is 0.663. The van der Waals surface area contributed by atoms with Crippen molar-refractivity contribution in [1.29, 1.82) is 0 Å². The van der Waals surface area contributed by atoms with Gasteiger partial charge < -0.3 is 10.4 Å². The van der Waals surface area contributed by atoms with Crippen LogP contribution in [0.5, 0.6) is 0 Å². The molecular weight excluding hydrogens is 370 g/mol. The fourth-order valence-corrected chi connectivity index (χ4v) is 3.89. The van der Waals surface area contributed by atoms with E-state index in [-0.39, 0.29) is 6.42 Å². The molecule has 3 aromatic rings. The van der Waals surface area contributed by atoms with Crippen molar-refractivity contribution in [2.45, 2.75) is 33.6 Å². The maximum atomic E-state index is 10.8. The number of nitrogens with one attached hydrogen (secondary N) is 1. The molecule has 0 atom stereocenters. The molecule has 0 fully saturated rings. The van der Waals surface area contributed by atoms with Crippen LogP contribution in [0.1, 0.15) is 35.5 Å². The van der Waals surface area contributed by atoms with E-state index < -0.39 is 5.97 Å². The van der Waals surface area contributed by atoms with Crippen LogP contribution in [0.15, 0.2) is 42.5 Å². The summed E-state index contributed by atoms with van der Waals surface area (Å²) in [6, 6.07) is 11.5. The first-order valence-electron chi connectivity index (χ1n) is 9.18. The Morgan fingerprint density at radius 1 is 1.18 bits per heavy atom. The number of carbonyl (C=O) groups is 1. The monoisotopic (exact) mass is 393 g/mol. The second-order valence-electron chi connectivity index (χ2n) is 6.41. The van der Waals surface area contributed by atoms with E-state index in [0.717, 1.165) is 39.6 Å². The number of anilines is 2. The van der Waals surface area contributed by atoms with Crippen LogP contribution < -0.4 is 5.32 Å². The van der Waals surface area contributed by atoms with Crippen LogP contribution in [0.2, 0.25) is 0 Å². The lowest BCUT2D eigenvalue weighted by Gasteiger charge is -2.14. The van der Waals surface area contributed by atoms with E-state index in [2.05, 4.69) is 24.4 Å². The third-order valence-corrected chi connectivity index (χ3v) is 5.36. The number of hydrogen-bond acceptors (Lipinski definition) is 5. The zero-order valence-electron chi connectivity index (χ0n) is 16.2. The van der Waals surface area contributed by atoms with Crippen LogP contribution >= 0.6 is 11.3 Å². The minimum absolute atomic E-state index is 0.0180. The van der Waals surface area contributed by atoms with Gasteiger partial charge in [-0.3, -0.25) is 4.79 Å². The molecule has 144 valence electrons. The van der Waals surface area contributed by atoms with E-state index in [9.17, 15) is 4.79 Å². The molecule has 2 heterocycles. The zero-order valence-corrected chi connectivity index (χ0v) is 17.0. The summed E-state index contributed by atoms with van der Waals surface area (Å²) in [5.41, 5.74) is 3.67. The molecule has 0 saturated heterocycles.